The molecular formula is C20H12ClN5O4S3. The third-order valence-electron chi connectivity index (χ3n) is 4.65. The Morgan fingerprint density at radius 1 is 1.09 bits per heavy atom. The summed E-state index contributed by atoms with van der Waals surface area (Å²) in [4.78, 5) is 33.6. The first-order chi connectivity index (χ1) is 15.8. The fraction of sp³-hybridized carbons (Fsp3) is 0. The van der Waals surface area contributed by atoms with Gasteiger partial charge >= 0.3 is 6.03 Å². The number of rotatable bonds is 4. The summed E-state index contributed by atoms with van der Waals surface area (Å²) in [6.45, 7) is 0. The Balaban J connectivity index is 1.36. The highest BCUT2D eigenvalue weighted by molar-refractivity contribution is 7.92. The summed E-state index contributed by atoms with van der Waals surface area (Å²) in [7, 11) is -4.05. The first kappa shape index (κ1) is 21.5. The molecular weight excluding hydrogens is 506 g/mol. The van der Waals surface area contributed by atoms with Gasteiger partial charge in [-0.05, 0) is 47.9 Å². The number of aromatic nitrogens is 3. The fourth-order valence-electron chi connectivity index (χ4n) is 3.15. The number of benzene rings is 1. The number of thiophene rings is 1. The number of thiazole rings is 1. The van der Waals surface area contributed by atoms with E-state index >= 15 is 0 Å². The molecule has 33 heavy (non-hydrogen) atoms. The maximum Gasteiger partial charge on any atom is 0.333 e. The maximum atomic E-state index is 13.0. The molecule has 0 bridgehead atoms. The lowest BCUT2D eigenvalue weighted by Crippen LogP contribution is -2.34. The van der Waals surface area contributed by atoms with Crippen molar-refractivity contribution < 1.29 is 13.2 Å². The number of carbonyl (C=O) groups excluding carboxylic acids is 1. The van der Waals surface area contributed by atoms with Gasteiger partial charge in [-0.25, -0.2) is 27.9 Å². The van der Waals surface area contributed by atoms with Gasteiger partial charge in [0, 0.05) is 11.6 Å². The van der Waals surface area contributed by atoms with Gasteiger partial charge in [0.25, 0.3) is 15.6 Å². The van der Waals surface area contributed by atoms with Crippen molar-refractivity contribution in [3.8, 4) is 5.82 Å². The van der Waals surface area contributed by atoms with Crippen LogP contribution in [-0.2, 0) is 10.0 Å². The van der Waals surface area contributed by atoms with Crippen molar-refractivity contribution in [2.75, 3.05) is 5.32 Å². The first-order valence-corrected chi connectivity index (χ1v) is 12.8. The van der Waals surface area contributed by atoms with E-state index in [0.29, 0.717) is 11.2 Å². The predicted molar refractivity (Wildman–Crippen MR) is 129 cm³/mol. The monoisotopic (exact) mass is 517 g/mol. The summed E-state index contributed by atoms with van der Waals surface area (Å²) in [5, 5.41) is 3.72. The first-order valence-electron chi connectivity index (χ1n) is 9.24. The van der Waals surface area contributed by atoms with Crippen LogP contribution in [0.5, 0.6) is 0 Å². The summed E-state index contributed by atoms with van der Waals surface area (Å²) >= 11 is 8.04. The molecule has 0 saturated carbocycles. The van der Waals surface area contributed by atoms with Crippen LogP contribution in [0.1, 0.15) is 0 Å². The van der Waals surface area contributed by atoms with Crippen LogP contribution in [0.4, 0.5) is 10.5 Å². The molecule has 0 aliphatic heterocycles. The van der Waals surface area contributed by atoms with Crippen LogP contribution in [-0.4, -0.2) is 29.0 Å². The third-order valence-corrected chi connectivity index (χ3v) is 8.49. The molecule has 0 saturated heterocycles. The number of fused-ring (bicyclic) bond motifs is 2. The fourth-order valence-corrected chi connectivity index (χ4v) is 6.24. The molecule has 9 nitrogen and oxygen atoms in total. The number of sulfonamides is 1. The average Bonchev–Trinajstić information content (AvgIpc) is 3.42. The van der Waals surface area contributed by atoms with E-state index in [1.807, 2.05) is 16.9 Å². The molecule has 0 fully saturated rings. The number of nitrogens with zero attached hydrogens (tertiary/aromatic N) is 3. The Morgan fingerprint density at radius 3 is 2.67 bits per heavy atom. The van der Waals surface area contributed by atoms with Gasteiger partial charge in [0.05, 0.1) is 31.9 Å². The van der Waals surface area contributed by atoms with Gasteiger partial charge in [-0.1, -0.05) is 11.6 Å². The SMILES string of the molecule is O=C(Nc1ccc(-n2ccc3cc4ncsc4cc3c2=O)nc1)NS(=O)(=O)c1ccc(Cl)s1. The Morgan fingerprint density at radius 2 is 1.94 bits per heavy atom. The topological polar surface area (TPSA) is 123 Å². The number of hydrogen-bond acceptors (Lipinski definition) is 8. The van der Waals surface area contributed by atoms with Crippen LogP contribution in [0, 0.1) is 0 Å². The lowest BCUT2D eigenvalue weighted by Gasteiger charge is -2.09. The van der Waals surface area contributed by atoms with Crippen molar-refractivity contribution in [1.29, 1.82) is 0 Å². The van der Waals surface area contributed by atoms with Gasteiger partial charge in [-0.15, -0.1) is 22.7 Å². The van der Waals surface area contributed by atoms with Crippen molar-refractivity contribution in [1.82, 2.24) is 19.3 Å². The lowest BCUT2D eigenvalue weighted by atomic mass is 10.1. The van der Waals surface area contributed by atoms with Crippen molar-refractivity contribution in [3.05, 3.63) is 75.1 Å². The molecule has 1 aromatic carbocycles. The van der Waals surface area contributed by atoms with Gasteiger partial charge < -0.3 is 5.32 Å². The minimum absolute atomic E-state index is 0.0811. The van der Waals surface area contributed by atoms with Crippen molar-refractivity contribution in [3.63, 3.8) is 0 Å². The number of pyridine rings is 2. The molecule has 0 atom stereocenters. The highest BCUT2D eigenvalue weighted by atomic mass is 35.5. The summed E-state index contributed by atoms with van der Waals surface area (Å²) in [5.41, 5.74) is 2.57. The highest BCUT2D eigenvalue weighted by Gasteiger charge is 2.20. The Labute approximate surface area is 199 Å². The minimum atomic E-state index is -4.05. The highest BCUT2D eigenvalue weighted by Crippen LogP contribution is 2.25. The normalized spacial score (nSPS) is 11.7. The molecule has 0 spiro atoms. The minimum Gasteiger partial charge on any atom is -0.306 e. The van der Waals surface area contributed by atoms with Crippen molar-refractivity contribution in [2.24, 2.45) is 0 Å². The molecule has 5 rings (SSSR count). The third kappa shape index (κ3) is 4.20. The van der Waals surface area contributed by atoms with E-state index in [4.69, 9.17) is 11.6 Å². The molecule has 0 aliphatic rings. The number of carbonyl (C=O) groups is 1. The van der Waals surface area contributed by atoms with Gasteiger partial charge in [-0.2, -0.15) is 0 Å². The van der Waals surface area contributed by atoms with Crippen molar-refractivity contribution in [2.45, 2.75) is 4.21 Å². The van der Waals surface area contributed by atoms with E-state index in [-0.39, 0.29) is 19.8 Å². The van der Waals surface area contributed by atoms with E-state index in [1.54, 1.807) is 23.8 Å². The molecule has 0 unspecified atom stereocenters. The summed E-state index contributed by atoms with van der Waals surface area (Å²) in [6.07, 6.45) is 2.94. The summed E-state index contributed by atoms with van der Waals surface area (Å²) in [5.74, 6) is 0.345. The second-order valence-corrected chi connectivity index (χ2v) is 11.3. The molecule has 2 amide bonds. The zero-order valence-corrected chi connectivity index (χ0v) is 19.6. The van der Waals surface area contributed by atoms with Crippen molar-refractivity contribution >= 4 is 77.0 Å². The van der Waals surface area contributed by atoms with E-state index < -0.39 is 16.1 Å². The number of amides is 2. The van der Waals surface area contributed by atoms with Crippen LogP contribution in [0.3, 0.4) is 0 Å². The maximum absolute atomic E-state index is 13.0. The van der Waals surface area contributed by atoms with Crippen LogP contribution < -0.4 is 15.6 Å². The molecule has 0 aliphatic carbocycles. The number of hydrogen-bond donors (Lipinski definition) is 2. The molecule has 166 valence electrons. The number of nitrogens with one attached hydrogen (secondary N) is 2. The van der Waals surface area contributed by atoms with Gasteiger partial charge in [0.1, 0.15) is 10.0 Å². The van der Waals surface area contributed by atoms with Crippen LogP contribution in [0.15, 0.2) is 69.4 Å². The molecule has 4 heterocycles. The van der Waals surface area contributed by atoms with Gasteiger partial charge in [-0.3, -0.25) is 9.36 Å². The number of halogens is 1. The summed E-state index contributed by atoms with van der Waals surface area (Å²) < 4.78 is 28.9. The number of urea groups is 1. The average molecular weight is 518 g/mol. The second kappa shape index (κ2) is 8.23. The zero-order chi connectivity index (χ0) is 23.2. The largest absolute Gasteiger partial charge is 0.333 e. The van der Waals surface area contributed by atoms with E-state index in [2.05, 4.69) is 15.3 Å². The van der Waals surface area contributed by atoms with Crippen LogP contribution in [0.2, 0.25) is 4.34 Å². The standard InChI is InChI=1S/C20H12ClN5O4S3/c21-16-2-4-18(32-16)33(29,30)25-20(28)24-12-1-3-17(22-9-12)26-6-5-11-7-14-15(31-10-23-14)8-13(11)19(26)27/h1-10H,(H2,24,25,28). The molecule has 4 aromatic heterocycles. The van der Waals surface area contributed by atoms with E-state index in [0.717, 1.165) is 26.9 Å². The predicted octanol–water partition coefficient (Wildman–Crippen LogP) is 4.22. The molecule has 0 radical (unpaired) electrons. The Bertz CT molecular complexity index is 1690. The second-order valence-electron chi connectivity index (χ2n) is 6.77. The Kier molecular flexibility index (Phi) is 5.37. The zero-order valence-electron chi connectivity index (χ0n) is 16.4. The van der Waals surface area contributed by atoms with Gasteiger partial charge in [0.15, 0.2) is 0 Å². The molecule has 2 N–H and O–H groups in total. The van der Waals surface area contributed by atoms with E-state index in [1.165, 1.54) is 40.3 Å². The quantitative estimate of drug-likeness (QED) is 0.368. The van der Waals surface area contributed by atoms with Crippen LogP contribution >= 0.6 is 34.3 Å². The lowest BCUT2D eigenvalue weighted by molar-refractivity contribution is 0.256. The smallest absolute Gasteiger partial charge is 0.306 e. The summed E-state index contributed by atoms with van der Waals surface area (Å²) in [6, 6.07) is 10.3. The Hall–Kier alpha value is -3.32. The van der Waals surface area contributed by atoms with Crippen LogP contribution in [0.25, 0.3) is 26.8 Å². The molecule has 13 heteroatoms. The van der Waals surface area contributed by atoms with Gasteiger partial charge in [0.2, 0.25) is 0 Å². The van der Waals surface area contributed by atoms with E-state index in [9.17, 15) is 18.0 Å². The molecule has 5 aromatic rings. The number of anilines is 1.